The lowest BCUT2D eigenvalue weighted by molar-refractivity contribution is -0.127. The quantitative estimate of drug-likeness (QED) is 0.240. The topological polar surface area (TPSA) is 151 Å². The molecule has 2 aromatic heterocycles. The Kier molecular flexibility index (Phi) is 8.41. The lowest BCUT2D eigenvalue weighted by Gasteiger charge is -2.32. The molecular weight excluding hydrogens is 566 g/mol. The largest absolute Gasteiger partial charge is 0.497 e. The first-order valence-electron chi connectivity index (χ1n) is 14.1. The number of nitrogens with one attached hydrogen (secondary N) is 1. The van der Waals surface area contributed by atoms with Gasteiger partial charge in [-0.15, -0.1) is 10.2 Å². The van der Waals surface area contributed by atoms with E-state index in [4.69, 9.17) is 14.2 Å². The van der Waals surface area contributed by atoms with Crippen LogP contribution >= 0.6 is 0 Å². The van der Waals surface area contributed by atoms with E-state index in [1.165, 1.54) is 27.7 Å². The van der Waals surface area contributed by atoms with E-state index < -0.39 is 11.9 Å². The molecule has 2 atom stereocenters. The van der Waals surface area contributed by atoms with Crippen LogP contribution in [0.5, 0.6) is 11.5 Å². The Balaban J connectivity index is 1.45. The molecule has 14 nitrogen and oxygen atoms in total. The van der Waals surface area contributed by atoms with Crippen LogP contribution < -0.4 is 19.7 Å². The Bertz CT molecular complexity index is 1750. The number of methoxy groups -OCH3 is 2. The lowest BCUT2D eigenvalue weighted by Crippen LogP contribution is -2.46. The highest BCUT2D eigenvalue weighted by atomic mass is 16.5. The summed E-state index contributed by atoms with van der Waals surface area (Å²) >= 11 is 0. The van der Waals surface area contributed by atoms with E-state index in [1.54, 1.807) is 49.6 Å². The first kappa shape index (κ1) is 28.7. The smallest absolute Gasteiger partial charge is 0.249 e. The Morgan fingerprint density at radius 2 is 1.95 bits per heavy atom. The predicted molar refractivity (Wildman–Crippen MR) is 158 cm³/mol. The molecule has 0 bridgehead atoms. The van der Waals surface area contributed by atoms with Crippen molar-refractivity contribution in [1.82, 2.24) is 40.5 Å². The molecule has 226 valence electrons. The number of nitrogens with zero attached hydrogens (tertiary/aromatic N) is 8. The number of carbonyl (C=O) groups excluding carboxylic acids is 2. The summed E-state index contributed by atoms with van der Waals surface area (Å²) in [7, 11) is 3.06. The zero-order valence-electron chi connectivity index (χ0n) is 24.2. The van der Waals surface area contributed by atoms with Gasteiger partial charge < -0.3 is 19.5 Å². The van der Waals surface area contributed by atoms with Crippen molar-refractivity contribution >= 4 is 28.5 Å². The molecule has 44 heavy (non-hydrogen) atoms. The number of anilines is 1. The molecule has 3 heterocycles. The zero-order chi connectivity index (χ0) is 30.5. The molecule has 0 aliphatic carbocycles. The molecule has 14 heteroatoms. The second-order valence-electron chi connectivity index (χ2n) is 10.2. The van der Waals surface area contributed by atoms with E-state index in [1.807, 2.05) is 24.3 Å². The number of tetrazole rings is 1. The van der Waals surface area contributed by atoms with E-state index >= 15 is 0 Å². The van der Waals surface area contributed by atoms with Gasteiger partial charge in [0.2, 0.25) is 11.8 Å². The number of benzene rings is 3. The fourth-order valence-electron chi connectivity index (χ4n) is 5.30. The predicted octanol–water partition coefficient (Wildman–Crippen LogP) is 2.49. The summed E-state index contributed by atoms with van der Waals surface area (Å²) < 4.78 is 19.9. The van der Waals surface area contributed by atoms with Gasteiger partial charge in [-0.3, -0.25) is 14.5 Å². The molecule has 0 radical (unpaired) electrons. The van der Waals surface area contributed by atoms with E-state index in [-0.39, 0.29) is 18.6 Å². The maximum Gasteiger partial charge on any atom is 0.249 e. The molecule has 1 N–H and O–H groups in total. The van der Waals surface area contributed by atoms with Crippen molar-refractivity contribution in [2.75, 3.05) is 32.3 Å². The first-order valence-corrected chi connectivity index (χ1v) is 14.1. The summed E-state index contributed by atoms with van der Waals surface area (Å²) in [5.41, 5.74) is 2.85. The summed E-state index contributed by atoms with van der Waals surface area (Å²) in [6.07, 6.45) is 3.13. The van der Waals surface area contributed by atoms with Gasteiger partial charge >= 0.3 is 0 Å². The molecule has 1 fully saturated rings. The summed E-state index contributed by atoms with van der Waals surface area (Å²) in [6, 6.07) is 18.5. The average molecular weight is 598 g/mol. The Labute approximate surface area is 252 Å². The van der Waals surface area contributed by atoms with Crippen LogP contribution in [0.1, 0.15) is 24.4 Å². The number of hydrogen-bond acceptors (Lipinski definition) is 10. The minimum absolute atomic E-state index is 0.0914. The maximum absolute atomic E-state index is 14.4. The van der Waals surface area contributed by atoms with Gasteiger partial charge in [-0.2, -0.15) is 4.68 Å². The Hall–Kier alpha value is -5.37. The minimum atomic E-state index is -1.09. The van der Waals surface area contributed by atoms with Gasteiger partial charge in [0.1, 0.15) is 41.6 Å². The third-order valence-electron chi connectivity index (χ3n) is 7.46. The Morgan fingerprint density at radius 3 is 2.73 bits per heavy atom. The fraction of sp³-hybridized carbons (Fsp3) is 0.300. The summed E-state index contributed by atoms with van der Waals surface area (Å²) in [4.78, 5) is 30.0. The van der Waals surface area contributed by atoms with Crippen molar-refractivity contribution in [3.8, 4) is 17.2 Å². The van der Waals surface area contributed by atoms with Crippen LogP contribution in [0.3, 0.4) is 0 Å². The van der Waals surface area contributed by atoms with Gasteiger partial charge in [0, 0.05) is 24.9 Å². The highest BCUT2D eigenvalue weighted by Crippen LogP contribution is 2.35. The molecule has 6 rings (SSSR count). The summed E-state index contributed by atoms with van der Waals surface area (Å²) in [5, 5.41) is 22.8. The molecule has 1 aliphatic heterocycles. The third kappa shape index (κ3) is 5.92. The van der Waals surface area contributed by atoms with Crippen molar-refractivity contribution < 1.29 is 23.8 Å². The third-order valence-corrected chi connectivity index (χ3v) is 7.46. The molecule has 1 aliphatic rings. The first-order chi connectivity index (χ1) is 21.6. The second-order valence-corrected chi connectivity index (χ2v) is 10.2. The van der Waals surface area contributed by atoms with E-state index in [0.717, 1.165) is 12.8 Å². The lowest BCUT2D eigenvalue weighted by atomic mass is 10.0. The second kappa shape index (κ2) is 12.9. The summed E-state index contributed by atoms with van der Waals surface area (Å²) in [5.74, 6) is 0.149. The van der Waals surface area contributed by atoms with Gasteiger partial charge in [-0.25, -0.2) is 4.68 Å². The highest BCUT2D eigenvalue weighted by molar-refractivity contribution is 6.02. The number of para-hydroxylation sites is 1. The Morgan fingerprint density at radius 1 is 1.07 bits per heavy atom. The minimum Gasteiger partial charge on any atom is -0.497 e. The maximum atomic E-state index is 14.4. The van der Waals surface area contributed by atoms with Crippen LogP contribution in [0, 0.1) is 0 Å². The fourth-order valence-corrected chi connectivity index (χ4v) is 5.30. The van der Waals surface area contributed by atoms with Crippen LogP contribution in [0.25, 0.3) is 16.7 Å². The van der Waals surface area contributed by atoms with Crippen LogP contribution in [0.4, 0.5) is 5.69 Å². The normalized spacial score (nSPS) is 15.2. The van der Waals surface area contributed by atoms with Gasteiger partial charge in [0.05, 0.1) is 25.8 Å². The van der Waals surface area contributed by atoms with Crippen LogP contribution in [0.15, 0.2) is 73.1 Å². The van der Waals surface area contributed by atoms with Gasteiger partial charge in [-0.05, 0) is 65.2 Å². The van der Waals surface area contributed by atoms with E-state index in [2.05, 4.69) is 31.2 Å². The average Bonchev–Trinajstić information content (AvgIpc) is 3.86. The SMILES string of the molecule is COc1cccc([C@H](C(=O)NC[C@H]2CCCO2)N(C(=O)Cn2nnc3ccccc32)c2ccc(-n3cnnn3)c(OC)c2)c1. The summed E-state index contributed by atoms with van der Waals surface area (Å²) in [6.45, 7) is 0.789. The van der Waals surface area contributed by atoms with Crippen molar-refractivity contribution in [2.45, 2.75) is 31.5 Å². The van der Waals surface area contributed by atoms with Crippen LogP contribution in [-0.4, -0.2) is 80.5 Å². The zero-order valence-corrected chi connectivity index (χ0v) is 24.2. The number of carbonyl (C=O) groups is 2. The number of rotatable bonds is 11. The number of hydrogen-bond donors (Lipinski definition) is 1. The van der Waals surface area contributed by atoms with E-state index in [0.29, 0.717) is 52.6 Å². The molecule has 2 amide bonds. The van der Waals surface area contributed by atoms with Crippen molar-refractivity contribution in [1.29, 1.82) is 0 Å². The molecule has 5 aromatic rings. The molecule has 0 spiro atoms. The molecule has 1 saturated heterocycles. The van der Waals surface area contributed by atoms with Crippen molar-refractivity contribution in [3.63, 3.8) is 0 Å². The van der Waals surface area contributed by atoms with Crippen LogP contribution in [-0.2, 0) is 20.9 Å². The number of fused-ring (bicyclic) bond motifs is 1. The molecular formula is C30H31N9O5. The number of amides is 2. The van der Waals surface area contributed by atoms with Crippen LogP contribution in [0.2, 0.25) is 0 Å². The van der Waals surface area contributed by atoms with Crippen molar-refractivity contribution in [3.05, 3.63) is 78.6 Å². The molecule has 0 saturated carbocycles. The highest BCUT2D eigenvalue weighted by Gasteiger charge is 2.35. The number of aromatic nitrogens is 7. The van der Waals surface area contributed by atoms with E-state index in [9.17, 15) is 9.59 Å². The molecule has 0 unspecified atom stereocenters. The van der Waals surface area contributed by atoms with Gasteiger partial charge in [0.15, 0.2) is 0 Å². The van der Waals surface area contributed by atoms with Gasteiger partial charge in [-0.1, -0.05) is 29.5 Å². The molecule has 3 aromatic carbocycles. The monoisotopic (exact) mass is 597 g/mol. The van der Waals surface area contributed by atoms with Gasteiger partial charge in [0.25, 0.3) is 0 Å². The number of ether oxygens (including phenoxy) is 3. The van der Waals surface area contributed by atoms with Crippen molar-refractivity contribution in [2.24, 2.45) is 0 Å². The standard InChI is InChI=1S/C30H31N9O5/c1-42-22-8-5-7-20(15-22)29(30(41)31-17-23-9-6-14-44-23)39(28(40)18-37-25-11-4-3-10-24(25)33-35-37)21-12-13-26(27(16-21)43-2)38-19-32-34-36-38/h3-5,7-8,10-13,15-16,19,23,29H,6,9,14,17-18H2,1-2H3,(H,31,41)/t23-,29-/m1/s1.